The quantitative estimate of drug-likeness (QED) is 0.733. The smallest absolute Gasteiger partial charge is 0.332 e. The maximum absolute atomic E-state index is 12.6. The van der Waals surface area contributed by atoms with Crippen molar-refractivity contribution in [2.45, 2.75) is 39.5 Å². The van der Waals surface area contributed by atoms with Crippen LogP contribution < -0.4 is 0 Å². The molecule has 0 saturated heterocycles. The Labute approximate surface area is 149 Å². The average Bonchev–Trinajstić information content (AvgIpc) is 2.98. The second kappa shape index (κ2) is 6.79. The van der Waals surface area contributed by atoms with E-state index in [0.717, 1.165) is 34.8 Å². The first kappa shape index (κ1) is 17.9. The minimum atomic E-state index is -4.52. The van der Waals surface area contributed by atoms with Crippen molar-refractivity contribution in [2.75, 3.05) is 0 Å². The van der Waals surface area contributed by atoms with Crippen LogP contribution in [0, 0.1) is 25.7 Å². The van der Waals surface area contributed by atoms with Crippen LogP contribution in [0.15, 0.2) is 24.4 Å². The van der Waals surface area contributed by atoms with E-state index in [4.69, 9.17) is 0 Å². The SMILES string of the molecule is Cc1cc(C)c2c(n1)CN(C(=O)CC#Cc1ccnc(C(F)(F)F)c1)C2. The summed E-state index contributed by atoms with van der Waals surface area (Å²) in [5.41, 5.74) is 3.15. The van der Waals surface area contributed by atoms with Gasteiger partial charge >= 0.3 is 6.18 Å². The summed E-state index contributed by atoms with van der Waals surface area (Å²) in [5.74, 6) is 5.08. The first-order valence-electron chi connectivity index (χ1n) is 8.00. The lowest BCUT2D eigenvalue weighted by molar-refractivity contribution is -0.141. The number of pyridine rings is 2. The Morgan fingerprint density at radius 1 is 1.27 bits per heavy atom. The van der Waals surface area contributed by atoms with Crippen molar-refractivity contribution in [1.82, 2.24) is 14.9 Å². The zero-order valence-corrected chi connectivity index (χ0v) is 14.3. The van der Waals surface area contributed by atoms with Crippen LogP contribution >= 0.6 is 0 Å². The van der Waals surface area contributed by atoms with Crippen LogP contribution in [0.25, 0.3) is 0 Å². The summed E-state index contributed by atoms with van der Waals surface area (Å²) < 4.78 is 37.9. The molecular formula is C19H16F3N3O. The Morgan fingerprint density at radius 2 is 2.04 bits per heavy atom. The minimum absolute atomic E-state index is 0.0598. The van der Waals surface area contributed by atoms with Crippen LogP contribution in [0.2, 0.25) is 0 Å². The summed E-state index contributed by atoms with van der Waals surface area (Å²) in [7, 11) is 0. The summed E-state index contributed by atoms with van der Waals surface area (Å²) in [6.07, 6.45) is -3.52. The van der Waals surface area contributed by atoms with Crippen LogP contribution in [-0.4, -0.2) is 20.8 Å². The Balaban J connectivity index is 1.66. The zero-order valence-electron chi connectivity index (χ0n) is 14.3. The maximum atomic E-state index is 12.6. The molecule has 0 bridgehead atoms. The number of amides is 1. The van der Waals surface area contributed by atoms with Gasteiger partial charge in [0.1, 0.15) is 5.69 Å². The van der Waals surface area contributed by atoms with Crippen molar-refractivity contribution >= 4 is 5.91 Å². The van der Waals surface area contributed by atoms with Gasteiger partial charge in [0.15, 0.2) is 0 Å². The van der Waals surface area contributed by atoms with E-state index in [-0.39, 0.29) is 17.9 Å². The fraction of sp³-hybridized carbons (Fsp3) is 0.316. The van der Waals surface area contributed by atoms with Gasteiger partial charge in [0, 0.05) is 24.0 Å². The third-order valence-electron chi connectivity index (χ3n) is 4.13. The Bertz CT molecular complexity index is 926. The molecule has 3 rings (SSSR count). The van der Waals surface area contributed by atoms with Gasteiger partial charge in [0.25, 0.3) is 0 Å². The zero-order chi connectivity index (χ0) is 18.9. The predicted molar refractivity (Wildman–Crippen MR) is 88.7 cm³/mol. The molecule has 1 aliphatic rings. The molecular weight excluding hydrogens is 343 g/mol. The Hall–Kier alpha value is -2.88. The van der Waals surface area contributed by atoms with E-state index < -0.39 is 11.9 Å². The molecule has 0 unspecified atom stereocenters. The Morgan fingerprint density at radius 3 is 2.77 bits per heavy atom. The molecule has 1 amide bonds. The normalized spacial score (nSPS) is 13.2. The van der Waals surface area contributed by atoms with Crippen molar-refractivity contribution in [3.8, 4) is 11.8 Å². The van der Waals surface area contributed by atoms with Crippen LogP contribution in [0.3, 0.4) is 0 Å². The van der Waals surface area contributed by atoms with Gasteiger partial charge in [0.2, 0.25) is 5.91 Å². The van der Waals surface area contributed by atoms with E-state index in [1.165, 1.54) is 6.07 Å². The second-order valence-electron chi connectivity index (χ2n) is 6.16. The first-order chi connectivity index (χ1) is 12.2. The lowest BCUT2D eigenvalue weighted by Crippen LogP contribution is -2.24. The molecule has 0 aromatic carbocycles. The lowest BCUT2D eigenvalue weighted by Gasteiger charge is -2.13. The highest BCUT2D eigenvalue weighted by molar-refractivity contribution is 5.79. The van der Waals surface area contributed by atoms with Crippen molar-refractivity contribution in [2.24, 2.45) is 0 Å². The van der Waals surface area contributed by atoms with Gasteiger partial charge in [-0.1, -0.05) is 11.8 Å². The maximum Gasteiger partial charge on any atom is 0.433 e. The third kappa shape index (κ3) is 3.85. The van der Waals surface area contributed by atoms with Crippen molar-refractivity contribution < 1.29 is 18.0 Å². The highest BCUT2D eigenvalue weighted by Crippen LogP contribution is 2.27. The van der Waals surface area contributed by atoms with Gasteiger partial charge in [-0.2, -0.15) is 13.2 Å². The molecule has 4 nitrogen and oxygen atoms in total. The predicted octanol–water partition coefficient (Wildman–Crippen LogP) is 3.40. The molecule has 0 spiro atoms. The molecule has 0 atom stereocenters. The highest BCUT2D eigenvalue weighted by atomic mass is 19.4. The number of fused-ring (bicyclic) bond motifs is 1. The molecule has 2 aromatic rings. The molecule has 0 aliphatic carbocycles. The van der Waals surface area contributed by atoms with Crippen molar-refractivity contribution in [3.05, 3.63) is 58.2 Å². The topological polar surface area (TPSA) is 46.1 Å². The lowest BCUT2D eigenvalue weighted by atomic mass is 10.1. The third-order valence-corrected chi connectivity index (χ3v) is 4.13. The first-order valence-corrected chi connectivity index (χ1v) is 8.00. The molecule has 134 valence electrons. The van der Waals surface area contributed by atoms with Crippen LogP contribution in [0.5, 0.6) is 0 Å². The summed E-state index contributed by atoms with van der Waals surface area (Å²) in [6, 6.07) is 4.24. The number of alkyl halides is 3. The highest BCUT2D eigenvalue weighted by Gasteiger charge is 2.32. The van der Waals surface area contributed by atoms with E-state index in [9.17, 15) is 18.0 Å². The largest absolute Gasteiger partial charge is 0.433 e. The van der Waals surface area contributed by atoms with Gasteiger partial charge in [0.05, 0.1) is 18.7 Å². The fourth-order valence-electron chi connectivity index (χ4n) is 2.89. The summed E-state index contributed by atoms with van der Waals surface area (Å²) in [5, 5.41) is 0. The number of rotatable bonds is 1. The molecule has 0 radical (unpaired) electrons. The molecule has 0 N–H and O–H groups in total. The van der Waals surface area contributed by atoms with Gasteiger partial charge in [-0.3, -0.25) is 14.8 Å². The average molecular weight is 359 g/mol. The van der Waals surface area contributed by atoms with Crippen LogP contribution in [-0.2, 0) is 24.1 Å². The monoisotopic (exact) mass is 359 g/mol. The molecule has 26 heavy (non-hydrogen) atoms. The van der Waals surface area contributed by atoms with E-state index in [0.29, 0.717) is 13.1 Å². The molecule has 0 saturated carbocycles. The number of halogens is 3. The standard InChI is InChI=1S/C19H16F3N3O/c1-12-8-13(2)24-16-11-25(10-15(12)16)18(26)5-3-4-14-6-7-23-17(9-14)19(20,21)22/h6-9H,5,10-11H2,1-2H3. The van der Waals surface area contributed by atoms with E-state index in [2.05, 4.69) is 21.8 Å². The van der Waals surface area contributed by atoms with E-state index >= 15 is 0 Å². The molecule has 7 heteroatoms. The molecule has 2 aromatic heterocycles. The number of nitrogens with zero attached hydrogens (tertiary/aromatic N) is 3. The second-order valence-corrected chi connectivity index (χ2v) is 6.16. The minimum Gasteiger partial charge on any atom is -0.332 e. The van der Waals surface area contributed by atoms with Crippen LogP contribution in [0.4, 0.5) is 13.2 Å². The number of hydrogen-bond acceptors (Lipinski definition) is 3. The van der Waals surface area contributed by atoms with Gasteiger partial charge in [-0.25, -0.2) is 0 Å². The van der Waals surface area contributed by atoms with Crippen molar-refractivity contribution in [1.29, 1.82) is 0 Å². The van der Waals surface area contributed by atoms with Gasteiger partial charge in [-0.15, -0.1) is 0 Å². The van der Waals surface area contributed by atoms with Crippen molar-refractivity contribution in [3.63, 3.8) is 0 Å². The van der Waals surface area contributed by atoms with Gasteiger partial charge in [-0.05, 0) is 43.2 Å². The summed E-state index contributed by atoms with van der Waals surface area (Å²) in [6.45, 7) is 4.82. The Kier molecular flexibility index (Phi) is 4.68. The molecule has 1 aliphatic heterocycles. The summed E-state index contributed by atoms with van der Waals surface area (Å²) in [4.78, 5) is 21.7. The molecule has 3 heterocycles. The van der Waals surface area contributed by atoms with E-state index in [1.54, 1.807) is 4.90 Å². The summed E-state index contributed by atoms with van der Waals surface area (Å²) >= 11 is 0. The fourth-order valence-corrected chi connectivity index (χ4v) is 2.89. The van der Waals surface area contributed by atoms with Crippen LogP contribution in [0.1, 0.15) is 40.2 Å². The van der Waals surface area contributed by atoms with E-state index in [1.807, 2.05) is 19.9 Å². The van der Waals surface area contributed by atoms with Gasteiger partial charge < -0.3 is 4.90 Å². The number of carbonyl (C=O) groups excluding carboxylic acids is 1. The number of aromatic nitrogens is 2. The molecule has 0 fully saturated rings. The number of carbonyl (C=O) groups is 1. The number of aryl methyl sites for hydroxylation is 2. The number of hydrogen-bond donors (Lipinski definition) is 0.